The maximum Gasteiger partial charge on any atom is 0.266 e. The summed E-state index contributed by atoms with van der Waals surface area (Å²) in [6, 6.07) is 5.07. The first-order valence-electron chi connectivity index (χ1n) is 9.02. The van der Waals surface area contributed by atoms with Gasteiger partial charge in [-0.25, -0.2) is 0 Å². The molecule has 0 radical (unpaired) electrons. The smallest absolute Gasteiger partial charge is 0.266 e. The Bertz CT molecular complexity index is 1620. The standard InChI is InChI=1S/C18H14N2O10S2/c21-15-9-1-2-10(16(22)19(15)5-7-31(25,26)27)14-12-4-3-11(13(9)14)17(23)20(18(12)24)6-8-32(28,29)30/h1-4H,5-8H2,(H,25,26,27)(H,28,29,30). The molecule has 4 heterocycles. The van der Waals surface area contributed by atoms with Gasteiger partial charge in [-0.3, -0.25) is 37.4 Å². The average molecular weight is 482 g/mol. The number of benzene rings is 2. The Kier molecular flexibility index (Phi) is 4.93. The second-order valence-corrected chi connectivity index (χ2v) is 10.3. The SMILES string of the molecule is O=c1c2ccc(c(=O)n1CCS(=O)(=O)O)c1c3ccc(c(=O)n(CCS(=O)(=O)O)c3=O)c21. The van der Waals surface area contributed by atoms with E-state index in [1.807, 2.05) is 0 Å². The van der Waals surface area contributed by atoms with Crippen LogP contribution in [0.3, 0.4) is 0 Å². The van der Waals surface area contributed by atoms with Crippen LogP contribution in [0.1, 0.15) is 0 Å². The second kappa shape index (κ2) is 7.16. The highest BCUT2D eigenvalue weighted by Gasteiger charge is 2.22. The van der Waals surface area contributed by atoms with E-state index in [1.165, 1.54) is 24.3 Å². The van der Waals surface area contributed by atoms with Crippen LogP contribution < -0.4 is 22.2 Å². The molecule has 4 aromatic heterocycles. The monoisotopic (exact) mass is 482 g/mol. The summed E-state index contributed by atoms with van der Waals surface area (Å²) in [5.74, 6) is -1.80. The van der Waals surface area contributed by atoms with E-state index in [0.29, 0.717) is 9.13 Å². The molecule has 14 heteroatoms. The van der Waals surface area contributed by atoms with Crippen LogP contribution >= 0.6 is 0 Å². The fraction of sp³-hybridized carbons (Fsp3) is 0.222. The molecule has 12 nitrogen and oxygen atoms in total. The molecule has 0 atom stereocenters. The van der Waals surface area contributed by atoms with Crippen molar-refractivity contribution in [2.45, 2.75) is 13.1 Å². The van der Waals surface area contributed by atoms with Gasteiger partial charge >= 0.3 is 0 Å². The van der Waals surface area contributed by atoms with Crippen LogP contribution in [0.2, 0.25) is 0 Å². The summed E-state index contributed by atoms with van der Waals surface area (Å²) < 4.78 is 63.6. The van der Waals surface area contributed by atoms with E-state index in [9.17, 15) is 36.0 Å². The van der Waals surface area contributed by atoms with Gasteiger partial charge in [0.25, 0.3) is 42.5 Å². The van der Waals surface area contributed by atoms with Gasteiger partial charge in [-0.2, -0.15) is 16.8 Å². The van der Waals surface area contributed by atoms with E-state index in [2.05, 4.69) is 0 Å². The van der Waals surface area contributed by atoms with Crippen molar-refractivity contribution in [2.24, 2.45) is 0 Å². The summed E-state index contributed by atoms with van der Waals surface area (Å²) in [5.41, 5.74) is -3.69. The van der Waals surface area contributed by atoms with E-state index >= 15 is 0 Å². The van der Waals surface area contributed by atoms with Crippen molar-refractivity contribution < 1.29 is 25.9 Å². The lowest BCUT2D eigenvalue weighted by atomic mass is 10.00. The van der Waals surface area contributed by atoms with Gasteiger partial charge in [-0.05, 0) is 24.3 Å². The van der Waals surface area contributed by atoms with Crippen molar-refractivity contribution in [3.63, 3.8) is 0 Å². The van der Waals surface area contributed by atoms with Crippen LogP contribution in [0, 0.1) is 0 Å². The molecule has 0 saturated carbocycles. The Morgan fingerprint density at radius 1 is 0.562 bits per heavy atom. The number of fused-ring (bicyclic) bond motifs is 6. The minimum atomic E-state index is -4.49. The van der Waals surface area contributed by atoms with Crippen LogP contribution in [0.4, 0.5) is 0 Å². The van der Waals surface area contributed by atoms with Gasteiger partial charge < -0.3 is 0 Å². The van der Waals surface area contributed by atoms with Crippen molar-refractivity contribution in [1.29, 1.82) is 0 Å². The normalized spacial score (nSPS) is 12.9. The summed E-state index contributed by atoms with van der Waals surface area (Å²) in [5, 5.41) is -0.556. The Morgan fingerprint density at radius 3 is 1.03 bits per heavy atom. The van der Waals surface area contributed by atoms with Gasteiger partial charge in [-0.15, -0.1) is 0 Å². The van der Waals surface area contributed by atoms with E-state index in [0.717, 1.165) is 0 Å². The van der Waals surface area contributed by atoms with Gasteiger partial charge in [0, 0.05) is 45.4 Å². The molecular formula is C18H14N2O10S2. The summed E-state index contributed by atoms with van der Waals surface area (Å²) in [4.78, 5) is 52.1. The third-order valence-electron chi connectivity index (χ3n) is 5.21. The molecule has 2 N–H and O–H groups in total. The van der Waals surface area contributed by atoms with Crippen molar-refractivity contribution in [3.8, 4) is 0 Å². The van der Waals surface area contributed by atoms with Gasteiger partial charge in [0.15, 0.2) is 0 Å². The molecule has 2 aromatic carbocycles. The molecule has 0 saturated heterocycles. The topological polar surface area (TPSA) is 187 Å². The maximum absolute atomic E-state index is 13.0. The number of hydrogen-bond acceptors (Lipinski definition) is 8. The van der Waals surface area contributed by atoms with Gasteiger partial charge in [0.1, 0.15) is 0 Å². The Balaban J connectivity index is 2.19. The zero-order valence-corrected chi connectivity index (χ0v) is 17.6. The molecule has 0 spiro atoms. The van der Waals surface area contributed by atoms with Crippen molar-refractivity contribution in [3.05, 3.63) is 65.7 Å². The lowest BCUT2D eigenvalue weighted by Crippen LogP contribution is -2.33. The molecule has 32 heavy (non-hydrogen) atoms. The minimum absolute atomic E-state index is 0.000381. The fourth-order valence-corrected chi connectivity index (χ4v) is 4.62. The van der Waals surface area contributed by atoms with Crippen molar-refractivity contribution in [1.82, 2.24) is 9.13 Å². The first-order valence-corrected chi connectivity index (χ1v) is 12.2. The highest BCUT2D eigenvalue weighted by molar-refractivity contribution is 7.86. The van der Waals surface area contributed by atoms with Crippen LogP contribution in [0.15, 0.2) is 43.4 Å². The molecule has 4 bridgehead atoms. The summed E-state index contributed by atoms with van der Waals surface area (Å²) in [6.45, 7) is -1.29. The van der Waals surface area contributed by atoms with Crippen molar-refractivity contribution in [2.75, 3.05) is 11.5 Å². The molecule has 0 amide bonds. The van der Waals surface area contributed by atoms with E-state index in [4.69, 9.17) is 9.11 Å². The van der Waals surface area contributed by atoms with Gasteiger partial charge in [-0.1, -0.05) is 0 Å². The largest absolute Gasteiger partial charge is 0.285 e. The van der Waals surface area contributed by atoms with Gasteiger partial charge in [0.2, 0.25) is 0 Å². The fourth-order valence-electron chi connectivity index (χ4n) is 3.79. The number of aromatic nitrogens is 2. The first kappa shape index (κ1) is 22.0. The Morgan fingerprint density at radius 2 is 0.812 bits per heavy atom. The third kappa shape index (κ3) is 3.56. The second-order valence-electron chi connectivity index (χ2n) is 7.17. The minimum Gasteiger partial charge on any atom is -0.285 e. The quantitative estimate of drug-likeness (QED) is 0.317. The highest BCUT2D eigenvalue weighted by atomic mass is 32.2. The van der Waals surface area contributed by atoms with Crippen LogP contribution in [0.25, 0.3) is 32.3 Å². The Labute approximate surface area is 178 Å². The first-order chi connectivity index (χ1) is 14.8. The Hall–Kier alpha value is -3.20. The zero-order valence-electron chi connectivity index (χ0n) is 16.0. The summed E-state index contributed by atoms with van der Waals surface area (Å²) >= 11 is 0. The lowest BCUT2D eigenvalue weighted by Gasteiger charge is -2.00. The summed E-state index contributed by atoms with van der Waals surface area (Å²) in [7, 11) is -8.97. The van der Waals surface area contributed by atoms with Gasteiger partial charge in [0.05, 0.1) is 11.5 Å². The molecule has 0 fully saturated rings. The van der Waals surface area contributed by atoms with E-state index in [1.54, 1.807) is 0 Å². The molecule has 0 unspecified atom stereocenters. The average Bonchev–Trinajstić information content (AvgIpc) is 2.96. The van der Waals surface area contributed by atoms with E-state index < -0.39 is 67.1 Å². The van der Waals surface area contributed by atoms with Crippen LogP contribution in [0.5, 0.6) is 0 Å². The van der Waals surface area contributed by atoms with Crippen molar-refractivity contribution >= 4 is 52.6 Å². The molecule has 6 aromatic rings. The predicted octanol–water partition coefficient (Wildman–Crippen LogP) is -1.16. The van der Waals surface area contributed by atoms with Crippen LogP contribution in [-0.2, 0) is 33.3 Å². The number of rotatable bonds is 6. The highest BCUT2D eigenvalue weighted by Crippen LogP contribution is 2.28. The molecule has 168 valence electrons. The zero-order chi connectivity index (χ0) is 23.6. The predicted molar refractivity (Wildman–Crippen MR) is 115 cm³/mol. The molecule has 0 aliphatic rings. The lowest BCUT2D eigenvalue weighted by molar-refractivity contribution is 0.475. The number of nitrogens with zero attached hydrogens (tertiary/aromatic N) is 2. The third-order valence-corrected chi connectivity index (χ3v) is 6.61. The van der Waals surface area contributed by atoms with E-state index in [-0.39, 0.29) is 32.3 Å². The van der Waals surface area contributed by atoms with Crippen LogP contribution in [-0.4, -0.2) is 46.6 Å². The number of hydrogen-bond donors (Lipinski definition) is 2. The maximum atomic E-state index is 13.0. The molecular weight excluding hydrogens is 468 g/mol. The molecule has 6 rings (SSSR count). The molecule has 0 aliphatic carbocycles. The molecule has 0 aliphatic heterocycles. The summed E-state index contributed by atoms with van der Waals surface area (Å²) in [6.07, 6.45) is 0.